The highest BCUT2D eigenvalue weighted by Gasteiger charge is 2.37. The first-order valence-corrected chi connectivity index (χ1v) is 10.2. The molecule has 29 heavy (non-hydrogen) atoms. The van der Waals surface area contributed by atoms with Crippen molar-refractivity contribution in [2.45, 2.75) is 24.5 Å². The first-order chi connectivity index (χ1) is 14.2. The maximum atomic E-state index is 6.90. The van der Waals surface area contributed by atoms with Crippen LogP contribution in [-0.4, -0.2) is 25.9 Å². The van der Waals surface area contributed by atoms with Crippen LogP contribution in [0, 0.1) is 0 Å². The van der Waals surface area contributed by atoms with Crippen molar-refractivity contribution in [2.75, 3.05) is 20.2 Å². The minimum atomic E-state index is -0.504. The SMILES string of the molecule is COc1cccc(CN[C@@]2(N)CNCC[C@@H]2c2ccc(-c3ccccc3)cc2)c1. The van der Waals surface area contributed by atoms with Crippen LogP contribution in [0.4, 0.5) is 0 Å². The van der Waals surface area contributed by atoms with Crippen molar-refractivity contribution in [3.63, 3.8) is 0 Å². The summed E-state index contributed by atoms with van der Waals surface area (Å²) in [4.78, 5) is 0. The lowest BCUT2D eigenvalue weighted by Crippen LogP contribution is -2.65. The maximum Gasteiger partial charge on any atom is 0.119 e. The van der Waals surface area contributed by atoms with Gasteiger partial charge in [0.05, 0.1) is 12.8 Å². The molecule has 0 unspecified atom stereocenters. The summed E-state index contributed by atoms with van der Waals surface area (Å²) in [5, 5.41) is 7.08. The standard InChI is InChI=1S/C25H29N3O/c1-29-23-9-5-6-19(16-23)17-28-25(26)18-27-15-14-24(25)22-12-10-21(11-13-22)20-7-3-2-4-8-20/h2-13,16,24,27-28H,14-15,17-18,26H2,1H3/t24-,25+/m1/s1. The van der Waals surface area contributed by atoms with Crippen molar-refractivity contribution in [1.82, 2.24) is 10.6 Å². The Morgan fingerprint density at radius 1 is 1.00 bits per heavy atom. The van der Waals surface area contributed by atoms with Gasteiger partial charge in [0.1, 0.15) is 5.75 Å². The van der Waals surface area contributed by atoms with Crippen LogP contribution in [0.25, 0.3) is 11.1 Å². The van der Waals surface area contributed by atoms with Crippen LogP contribution in [0.1, 0.15) is 23.5 Å². The Bertz CT molecular complexity index is 926. The van der Waals surface area contributed by atoms with Gasteiger partial charge in [0.25, 0.3) is 0 Å². The summed E-state index contributed by atoms with van der Waals surface area (Å²) in [5.74, 6) is 1.12. The van der Waals surface area contributed by atoms with Crippen molar-refractivity contribution in [3.8, 4) is 16.9 Å². The summed E-state index contributed by atoms with van der Waals surface area (Å²) in [6.45, 7) is 2.42. The fourth-order valence-electron chi connectivity index (χ4n) is 4.16. The molecule has 0 amide bonds. The molecule has 1 saturated heterocycles. The largest absolute Gasteiger partial charge is 0.497 e. The van der Waals surface area contributed by atoms with Crippen molar-refractivity contribution >= 4 is 0 Å². The molecule has 4 heteroatoms. The van der Waals surface area contributed by atoms with Gasteiger partial charge >= 0.3 is 0 Å². The van der Waals surface area contributed by atoms with Gasteiger partial charge in [-0.25, -0.2) is 0 Å². The second-order valence-electron chi connectivity index (χ2n) is 7.75. The molecular formula is C25H29N3O. The van der Waals surface area contributed by atoms with Crippen molar-refractivity contribution < 1.29 is 4.74 Å². The van der Waals surface area contributed by atoms with E-state index in [1.807, 2.05) is 18.2 Å². The van der Waals surface area contributed by atoms with E-state index in [-0.39, 0.29) is 5.92 Å². The topological polar surface area (TPSA) is 59.3 Å². The summed E-state index contributed by atoms with van der Waals surface area (Å²) in [7, 11) is 1.69. The number of ether oxygens (including phenoxy) is 1. The lowest BCUT2D eigenvalue weighted by Gasteiger charge is -2.43. The zero-order chi connectivity index (χ0) is 20.1. The van der Waals surface area contributed by atoms with E-state index in [0.29, 0.717) is 6.54 Å². The Labute approximate surface area is 173 Å². The summed E-state index contributed by atoms with van der Waals surface area (Å²) >= 11 is 0. The van der Waals surface area contributed by atoms with Crippen LogP contribution in [-0.2, 0) is 6.54 Å². The number of nitrogens with one attached hydrogen (secondary N) is 2. The van der Waals surface area contributed by atoms with Gasteiger partial charge in [0, 0.05) is 19.0 Å². The van der Waals surface area contributed by atoms with Crippen molar-refractivity contribution in [1.29, 1.82) is 0 Å². The molecular weight excluding hydrogens is 358 g/mol. The van der Waals surface area contributed by atoms with E-state index in [9.17, 15) is 0 Å². The van der Waals surface area contributed by atoms with Gasteiger partial charge in [-0.3, -0.25) is 5.32 Å². The number of hydrogen-bond acceptors (Lipinski definition) is 4. The minimum absolute atomic E-state index is 0.249. The first kappa shape index (κ1) is 19.6. The molecule has 1 aliphatic heterocycles. The van der Waals surface area contributed by atoms with Gasteiger partial charge in [-0.05, 0) is 47.4 Å². The lowest BCUT2D eigenvalue weighted by atomic mass is 9.80. The van der Waals surface area contributed by atoms with E-state index >= 15 is 0 Å². The van der Waals surface area contributed by atoms with Gasteiger partial charge < -0.3 is 15.8 Å². The molecule has 1 heterocycles. The van der Waals surface area contributed by atoms with Crippen LogP contribution in [0.2, 0.25) is 0 Å². The number of hydrogen-bond donors (Lipinski definition) is 3. The predicted octanol–water partition coefficient (Wildman–Crippen LogP) is 3.88. The van der Waals surface area contributed by atoms with Crippen LogP contribution in [0.5, 0.6) is 5.75 Å². The molecule has 4 nitrogen and oxygen atoms in total. The van der Waals surface area contributed by atoms with E-state index in [1.165, 1.54) is 16.7 Å². The van der Waals surface area contributed by atoms with Gasteiger partial charge in [0.15, 0.2) is 0 Å². The number of methoxy groups -OCH3 is 1. The molecule has 0 aromatic heterocycles. The van der Waals surface area contributed by atoms with E-state index < -0.39 is 5.66 Å². The molecule has 4 N–H and O–H groups in total. The van der Waals surface area contributed by atoms with Gasteiger partial charge in [-0.15, -0.1) is 0 Å². The molecule has 0 saturated carbocycles. The monoisotopic (exact) mass is 387 g/mol. The molecule has 0 bridgehead atoms. The summed E-state index contributed by atoms with van der Waals surface area (Å²) in [5.41, 5.74) is 11.3. The second-order valence-corrected chi connectivity index (χ2v) is 7.75. The van der Waals surface area contributed by atoms with Crippen LogP contribution in [0.15, 0.2) is 78.9 Å². The highest BCUT2D eigenvalue weighted by Crippen LogP contribution is 2.32. The highest BCUT2D eigenvalue weighted by molar-refractivity contribution is 5.63. The zero-order valence-corrected chi connectivity index (χ0v) is 16.9. The molecule has 3 aromatic carbocycles. The number of piperidine rings is 1. The van der Waals surface area contributed by atoms with E-state index in [1.54, 1.807) is 7.11 Å². The average molecular weight is 388 g/mol. The smallest absolute Gasteiger partial charge is 0.119 e. The Morgan fingerprint density at radius 3 is 2.52 bits per heavy atom. The predicted molar refractivity (Wildman–Crippen MR) is 119 cm³/mol. The Balaban J connectivity index is 1.51. The summed E-state index contributed by atoms with van der Waals surface area (Å²) < 4.78 is 5.34. The molecule has 3 aromatic rings. The third-order valence-corrected chi connectivity index (χ3v) is 5.83. The maximum absolute atomic E-state index is 6.90. The second kappa shape index (κ2) is 8.78. The third kappa shape index (κ3) is 4.51. The molecule has 150 valence electrons. The van der Waals surface area contributed by atoms with E-state index in [4.69, 9.17) is 10.5 Å². The minimum Gasteiger partial charge on any atom is -0.497 e. The third-order valence-electron chi connectivity index (χ3n) is 5.83. The van der Waals surface area contributed by atoms with Gasteiger partial charge in [0.2, 0.25) is 0 Å². The van der Waals surface area contributed by atoms with Crippen LogP contribution < -0.4 is 21.1 Å². The molecule has 4 rings (SSSR count). The quantitative estimate of drug-likeness (QED) is 0.562. The first-order valence-electron chi connectivity index (χ1n) is 10.2. The van der Waals surface area contributed by atoms with Crippen molar-refractivity contribution in [3.05, 3.63) is 90.0 Å². The lowest BCUT2D eigenvalue weighted by molar-refractivity contribution is 0.215. The fourth-order valence-corrected chi connectivity index (χ4v) is 4.16. The van der Waals surface area contributed by atoms with Gasteiger partial charge in [-0.1, -0.05) is 66.7 Å². The average Bonchev–Trinajstić information content (AvgIpc) is 2.79. The Morgan fingerprint density at radius 2 is 1.76 bits per heavy atom. The normalized spacial score (nSPS) is 21.7. The van der Waals surface area contributed by atoms with Crippen LogP contribution >= 0.6 is 0 Å². The summed E-state index contributed by atoms with van der Waals surface area (Å²) in [6, 6.07) is 27.5. The van der Waals surface area contributed by atoms with E-state index in [2.05, 4.69) is 71.3 Å². The number of rotatable bonds is 6. The Kier molecular flexibility index (Phi) is 5.95. The summed E-state index contributed by atoms with van der Waals surface area (Å²) in [6.07, 6.45) is 1.01. The molecule has 0 aliphatic carbocycles. The Hall–Kier alpha value is -2.66. The number of nitrogens with two attached hydrogens (primary N) is 1. The van der Waals surface area contributed by atoms with Crippen LogP contribution in [0.3, 0.4) is 0 Å². The molecule has 2 atom stereocenters. The molecule has 0 radical (unpaired) electrons. The van der Waals surface area contributed by atoms with Crippen molar-refractivity contribution in [2.24, 2.45) is 5.73 Å². The number of benzene rings is 3. The fraction of sp³-hybridized carbons (Fsp3) is 0.280. The molecule has 1 aliphatic rings. The zero-order valence-electron chi connectivity index (χ0n) is 16.9. The highest BCUT2D eigenvalue weighted by atomic mass is 16.5. The van der Waals surface area contributed by atoms with E-state index in [0.717, 1.165) is 30.8 Å². The molecule has 0 spiro atoms. The molecule has 1 fully saturated rings. The van der Waals surface area contributed by atoms with Gasteiger partial charge in [-0.2, -0.15) is 0 Å².